The minimum atomic E-state index is -0.623. The van der Waals surface area contributed by atoms with Crippen LogP contribution in [0.4, 0.5) is 4.39 Å². The monoisotopic (exact) mass is 433 g/mol. The summed E-state index contributed by atoms with van der Waals surface area (Å²) in [5.74, 6) is -1.21. The summed E-state index contributed by atoms with van der Waals surface area (Å²) < 4.78 is 20.9. The quantitative estimate of drug-likeness (QED) is 0.263. The molecular formula is C19H20FN5O2S2. The second kappa shape index (κ2) is 8.34. The van der Waals surface area contributed by atoms with Gasteiger partial charge < -0.3 is 10.5 Å². The van der Waals surface area contributed by atoms with Crippen LogP contribution in [-0.2, 0) is 4.74 Å². The fourth-order valence-electron chi connectivity index (χ4n) is 2.79. The van der Waals surface area contributed by atoms with E-state index in [1.54, 1.807) is 19.1 Å². The third kappa shape index (κ3) is 4.18. The molecule has 29 heavy (non-hydrogen) atoms. The molecule has 10 heteroatoms. The second-order valence-corrected chi connectivity index (χ2v) is 9.26. The van der Waals surface area contributed by atoms with Crippen LogP contribution in [-0.4, -0.2) is 38.9 Å². The number of ether oxygens (including phenoxy) is 1. The lowest BCUT2D eigenvalue weighted by Gasteiger charge is -2.06. The first-order chi connectivity index (χ1) is 13.7. The van der Waals surface area contributed by atoms with Crippen molar-refractivity contribution in [3.8, 4) is 16.3 Å². The van der Waals surface area contributed by atoms with Crippen molar-refractivity contribution in [2.75, 3.05) is 7.11 Å². The molecule has 0 saturated heterocycles. The molecule has 2 aromatic heterocycles. The molecule has 0 bridgehead atoms. The number of carbonyl (C=O) groups excluding carboxylic acids is 1. The highest BCUT2D eigenvalue weighted by atomic mass is 32.2. The predicted molar refractivity (Wildman–Crippen MR) is 113 cm³/mol. The first-order valence-electron chi connectivity index (χ1n) is 8.69. The number of rotatable bonds is 6. The first-order valence-corrected chi connectivity index (χ1v) is 10.4. The maximum absolute atomic E-state index is 13.8. The molecule has 0 aliphatic carbocycles. The van der Waals surface area contributed by atoms with Gasteiger partial charge in [-0.05, 0) is 24.6 Å². The Hall–Kier alpha value is -2.72. The van der Waals surface area contributed by atoms with E-state index in [2.05, 4.69) is 10.1 Å². The van der Waals surface area contributed by atoms with Crippen molar-refractivity contribution >= 4 is 34.9 Å². The molecule has 2 heterocycles. The molecule has 0 atom stereocenters. The van der Waals surface area contributed by atoms with Gasteiger partial charge >= 0.3 is 5.97 Å². The molecular weight excluding hydrogens is 413 g/mol. The Kier molecular flexibility index (Phi) is 6.04. The third-order valence-electron chi connectivity index (χ3n) is 3.92. The molecule has 0 fully saturated rings. The van der Waals surface area contributed by atoms with Crippen LogP contribution in [0.5, 0.6) is 0 Å². The van der Waals surface area contributed by atoms with Crippen molar-refractivity contribution < 1.29 is 13.9 Å². The van der Waals surface area contributed by atoms with Crippen molar-refractivity contribution in [2.24, 2.45) is 5.73 Å². The van der Waals surface area contributed by atoms with Gasteiger partial charge in [0.1, 0.15) is 17.3 Å². The summed E-state index contributed by atoms with van der Waals surface area (Å²) in [5, 5.41) is 12.9. The number of nitrogen functional groups attached to an aromatic ring is 1. The number of aryl methyl sites for hydroxylation is 1. The van der Waals surface area contributed by atoms with E-state index < -0.39 is 11.8 Å². The van der Waals surface area contributed by atoms with Crippen LogP contribution in [0.15, 0.2) is 28.5 Å². The molecule has 0 amide bonds. The van der Waals surface area contributed by atoms with Gasteiger partial charge in [0.2, 0.25) is 5.13 Å². The SMILES string of the molecule is COC(=O)c1c(-c2cccc(F)c2)c(C)nn1-c1nc(C(=N)N)c(SC(C)C)s1. The number of nitrogens with two attached hydrogens (primary N) is 1. The number of carbonyl (C=O) groups is 1. The molecule has 0 spiro atoms. The Balaban J connectivity index is 2.24. The number of nitrogens with one attached hydrogen (secondary N) is 1. The predicted octanol–water partition coefficient (Wildman–Crippen LogP) is 4.01. The highest BCUT2D eigenvalue weighted by molar-refractivity contribution is 8.01. The van der Waals surface area contributed by atoms with Crippen LogP contribution >= 0.6 is 23.1 Å². The molecule has 0 radical (unpaired) electrons. The Morgan fingerprint density at radius 2 is 2.14 bits per heavy atom. The first kappa shape index (κ1) is 21.0. The average Bonchev–Trinajstić information content (AvgIpc) is 3.21. The average molecular weight is 434 g/mol. The smallest absolute Gasteiger partial charge is 0.357 e. The maximum atomic E-state index is 13.8. The van der Waals surface area contributed by atoms with E-state index in [1.165, 1.54) is 47.0 Å². The number of hydrogen-bond acceptors (Lipinski definition) is 7. The third-order valence-corrected chi connectivity index (χ3v) is 6.16. The Morgan fingerprint density at radius 3 is 2.72 bits per heavy atom. The fourth-order valence-corrected chi connectivity index (χ4v) is 5.25. The van der Waals surface area contributed by atoms with E-state index in [0.717, 1.165) is 4.21 Å². The van der Waals surface area contributed by atoms with Gasteiger partial charge in [-0.2, -0.15) is 9.78 Å². The zero-order valence-corrected chi connectivity index (χ0v) is 17.9. The molecule has 0 aliphatic heterocycles. The van der Waals surface area contributed by atoms with Crippen molar-refractivity contribution in [1.29, 1.82) is 5.41 Å². The molecule has 0 unspecified atom stereocenters. The number of halogens is 1. The van der Waals surface area contributed by atoms with Crippen molar-refractivity contribution in [3.05, 3.63) is 47.2 Å². The van der Waals surface area contributed by atoms with Gasteiger partial charge in [0.15, 0.2) is 5.69 Å². The number of nitrogens with zero attached hydrogens (tertiary/aromatic N) is 3. The van der Waals surface area contributed by atoms with Crippen LogP contribution < -0.4 is 5.73 Å². The van der Waals surface area contributed by atoms with E-state index in [-0.39, 0.29) is 16.8 Å². The van der Waals surface area contributed by atoms with Crippen LogP contribution in [0.3, 0.4) is 0 Å². The molecule has 0 saturated carbocycles. The summed E-state index contributed by atoms with van der Waals surface area (Å²) in [5.41, 5.74) is 7.68. The van der Waals surface area contributed by atoms with Gasteiger partial charge in [0.25, 0.3) is 0 Å². The summed E-state index contributed by atoms with van der Waals surface area (Å²) in [7, 11) is 1.27. The van der Waals surface area contributed by atoms with Gasteiger partial charge in [-0.3, -0.25) is 5.41 Å². The number of hydrogen-bond donors (Lipinski definition) is 2. The summed E-state index contributed by atoms with van der Waals surface area (Å²) in [4.78, 5) is 17.1. The lowest BCUT2D eigenvalue weighted by Crippen LogP contribution is -2.14. The van der Waals surface area contributed by atoms with Gasteiger partial charge in [0.05, 0.1) is 17.0 Å². The van der Waals surface area contributed by atoms with Crippen LogP contribution in [0.1, 0.15) is 35.7 Å². The largest absolute Gasteiger partial charge is 0.464 e. The van der Waals surface area contributed by atoms with Gasteiger partial charge in [-0.15, -0.1) is 11.8 Å². The van der Waals surface area contributed by atoms with Crippen LogP contribution in [0.25, 0.3) is 16.3 Å². The van der Waals surface area contributed by atoms with Crippen molar-refractivity contribution in [3.63, 3.8) is 0 Å². The Morgan fingerprint density at radius 1 is 1.41 bits per heavy atom. The number of methoxy groups -OCH3 is 1. The van der Waals surface area contributed by atoms with Gasteiger partial charge in [-0.1, -0.05) is 37.3 Å². The van der Waals surface area contributed by atoms with E-state index in [1.807, 2.05) is 13.8 Å². The van der Waals surface area contributed by atoms with E-state index in [4.69, 9.17) is 15.9 Å². The number of benzene rings is 1. The lowest BCUT2D eigenvalue weighted by molar-refractivity contribution is 0.0591. The molecule has 3 aromatic rings. The normalized spacial score (nSPS) is 11.1. The topological polar surface area (TPSA) is 107 Å². The van der Waals surface area contributed by atoms with Crippen LogP contribution in [0, 0.1) is 18.2 Å². The molecule has 0 aliphatic rings. The van der Waals surface area contributed by atoms with E-state index >= 15 is 0 Å². The molecule has 152 valence electrons. The highest BCUT2D eigenvalue weighted by Gasteiger charge is 2.27. The molecule has 1 aromatic carbocycles. The van der Waals surface area contributed by atoms with Crippen LogP contribution in [0.2, 0.25) is 0 Å². The summed E-state index contributed by atoms with van der Waals surface area (Å²) >= 11 is 2.81. The minimum absolute atomic E-state index is 0.139. The van der Waals surface area contributed by atoms with Crippen molar-refractivity contribution in [2.45, 2.75) is 30.2 Å². The lowest BCUT2D eigenvalue weighted by atomic mass is 10.0. The standard InChI is InChI=1S/C19H20FN5O2S2/c1-9(2)28-18-14(16(21)22)23-19(29-18)25-15(17(26)27-4)13(10(3)24-25)11-6-5-7-12(20)8-11/h5-9H,1-4H3,(H3,21,22). The van der Waals surface area contributed by atoms with Gasteiger partial charge in [-0.25, -0.2) is 14.2 Å². The summed E-state index contributed by atoms with van der Waals surface area (Å²) in [6.07, 6.45) is 0. The van der Waals surface area contributed by atoms with E-state index in [0.29, 0.717) is 27.6 Å². The Labute approximate surface area is 175 Å². The zero-order valence-electron chi connectivity index (χ0n) is 16.3. The zero-order chi connectivity index (χ0) is 21.3. The number of amidine groups is 1. The summed E-state index contributed by atoms with van der Waals surface area (Å²) in [6, 6.07) is 5.93. The number of esters is 1. The number of thioether (sulfide) groups is 1. The van der Waals surface area contributed by atoms with Gasteiger partial charge in [0, 0.05) is 10.8 Å². The molecule has 7 nitrogen and oxygen atoms in total. The fraction of sp³-hybridized carbons (Fsp3) is 0.263. The summed E-state index contributed by atoms with van der Waals surface area (Å²) in [6.45, 7) is 5.77. The second-order valence-electron chi connectivity index (χ2n) is 6.44. The molecule has 3 rings (SSSR count). The van der Waals surface area contributed by atoms with Crippen molar-refractivity contribution in [1.82, 2.24) is 14.8 Å². The number of thiazole rings is 1. The molecule has 3 N–H and O–H groups in total. The Bertz CT molecular complexity index is 1090. The number of aromatic nitrogens is 3. The maximum Gasteiger partial charge on any atom is 0.357 e. The minimum Gasteiger partial charge on any atom is -0.464 e. The van der Waals surface area contributed by atoms with E-state index in [9.17, 15) is 9.18 Å². The highest BCUT2D eigenvalue weighted by Crippen LogP contribution is 2.36.